The summed E-state index contributed by atoms with van der Waals surface area (Å²) in [4.78, 5) is 0. The Balaban J connectivity index is 2.31. The van der Waals surface area contributed by atoms with Crippen molar-refractivity contribution in [2.45, 2.75) is 6.92 Å². The van der Waals surface area contributed by atoms with Crippen molar-refractivity contribution in [1.82, 2.24) is 0 Å². The van der Waals surface area contributed by atoms with Crippen molar-refractivity contribution in [3.63, 3.8) is 0 Å². The third-order valence-electron chi connectivity index (χ3n) is 2.52. The second-order valence-electron chi connectivity index (χ2n) is 3.94. The highest BCUT2D eigenvalue weighted by atomic mass is 19.1. The van der Waals surface area contributed by atoms with Crippen molar-refractivity contribution in [3.8, 4) is 17.2 Å². The number of halogens is 1. The fourth-order valence-electron chi connectivity index (χ4n) is 1.55. The fourth-order valence-corrected chi connectivity index (χ4v) is 1.55. The van der Waals surface area contributed by atoms with Crippen molar-refractivity contribution in [3.05, 3.63) is 47.8 Å². The lowest BCUT2D eigenvalue weighted by Gasteiger charge is -2.10. The molecule has 2 aromatic carbocycles. The molecule has 0 amide bonds. The molecule has 2 aromatic rings. The van der Waals surface area contributed by atoms with Crippen LogP contribution in [0.2, 0.25) is 0 Å². The van der Waals surface area contributed by atoms with Gasteiger partial charge in [-0.3, -0.25) is 0 Å². The minimum Gasteiger partial charge on any atom is -0.497 e. The van der Waals surface area contributed by atoms with Crippen molar-refractivity contribution in [2.75, 3.05) is 12.8 Å². The summed E-state index contributed by atoms with van der Waals surface area (Å²) in [5, 5.41) is 0. The maximum atomic E-state index is 13.5. The Kier molecular flexibility index (Phi) is 3.37. The van der Waals surface area contributed by atoms with Crippen LogP contribution in [0, 0.1) is 12.7 Å². The van der Waals surface area contributed by atoms with Gasteiger partial charge < -0.3 is 15.2 Å². The summed E-state index contributed by atoms with van der Waals surface area (Å²) < 4.78 is 24.0. The van der Waals surface area contributed by atoms with Gasteiger partial charge in [0.2, 0.25) is 0 Å². The normalized spacial score (nSPS) is 10.2. The molecular weight excluding hydrogens is 233 g/mol. The van der Waals surface area contributed by atoms with Crippen molar-refractivity contribution in [2.24, 2.45) is 0 Å². The van der Waals surface area contributed by atoms with E-state index in [1.54, 1.807) is 37.4 Å². The van der Waals surface area contributed by atoms with E-state index in [-0.39, 0.29) is 5.75 Å². The lowest BCUT2D eigenvalue weighted by Crippen LogP contribution is -1.95. The molecule has 0 heterocycles. The maximum absolute atomic E-state index is 13.5. The molecule has 2 N–H and O–H groups in total. The Hall–Kier alpha value is -2.23. The van der Waals surface area contributed by atoms with Crippen LogP contribution in [0.15, 0.2) is 36.4 Å². The van der Waals surface area contributed by atoms with Gasteiger partial charge in [0.15, 0.2) is 17.3 Å². The number of ether oxygens (including phenoxy) is 2. The first-order valence-electron chi connectivity index (χ1n) is 5.47. The van der Waals surface area contributed by atoms with Gasteiger partial charge in [-0.25, -0.2) is 4.39 Å². The smallest absolute Gasteiger partial charge is 0.165 e. The number of hydrogen-bond donors (Lipinski definition) is 1. The van der Waals surface area contributed by atoms with Crippen molar-refractivity contribution in [1.29, 1.82) is 0 Å². The van der Waals surface area contributed by atoms with E-state index in [9.17, 15) is 4.39 Å². The molecule has 18 heavy (non-hydrogen) atoms. The van der Waals surface area contributed by atoms with E-state index in [0.29, 0.717) is 17.2 Å². The zero-order chi connectivity index (χ0) is 13.1. The summed E-state index contributed by atoms with van der Waals surface area (Å²) in [6.07, 6.45) is 0. The van der Waals surface area contributed by atoms with Crippen LogP contribution in [-0.2, 0) is 0 Å². The number of hydrogen-bond acceptors (Lipinski definition) is 3. The second-order valence-corrected chi connectivity index (χ2v) is 3.94. The molecule has 0 aromatic heterocycles. The molecule has 94 valence electrons. The third-order valence-corrected chi connectivity index (χ3v) is 2.52. The molecule has 0 fully saturated rings. The summed E-state index contributed by atoms with van der Waals surface area (Å²) in [6.45, 7) is 1.86. The number of aryl methyl sites for hydroxylation is 1. The zero-order valence-electron chi connectivity index (χ0n) is 10.2. The van der Waals surface area contributed by atoms with Crippen LogP contribution < -0.4 is 15.2 Å². The topological polar surface area (TPSA) is 44.5 Å². The monoisotopic (exact) mass is 247 g/mol. The lowest BCUT2D eigenvalue weighted by molar-refractivity contribution is 0.412. The Bertz CT molecular complexity index is 570. The van der Waals surface area contributed by atoms with Gasteiger partial charge in [0, 0.05) is 6.07 Å². The molecule has 0 radical (unpaired) electrons. The average Bonchev–Trinajstić information content (AvgIpc) is 2.36. The number of nitrogens with two attached hydrogens (primary N) is 1. The largest absolute Gasteiger partial charge is 0.497 e. The van der Waals surface area contributed by atoms with Crippen molar-refractivity contribution < 1.29 is 13.9 Å². The van der Waals surface area contributed by atoms with Crippen LogP contribution in [-0.4, -0.2) is 7.11 Å². The molecular formula is C14H14FNO2. The van der Waals surface area contributed by atoms with Gasteiger partial charge in [0.05, 0.1) is 12.8 Å². The van der Waals surface area contributed by atoms with Crippen LogP contribution in [0.4, 0.5) is 10.1 Å². The Morgan fingerprint density at radius 3 is 2.50 bits per heavy atom. The Labute approximate surface area is 105 Å². The molecule has 0 bridgehead atoms. The van der Waals surface area contributed by atoms with Gasteiger partial charge in [-0.05, 0) is 36.8 Å². The summed E-state index contributed by atoms with van der Waals surface area (Å²) in [7, 11) is 1.55. The molecule has 2 rings (SSSR count). The first kappa shape index (κ1) is 12.2. The molecule has 0 spiro atoms. The van der Waals surface area contributed by atoms with Crippen LogP contribution in [0.1, 0.15) is 5.56 Å². The average molecular weight is 247 g/mol. The first-order chi connectivity index (χ1) is 8.60. The molecule has 0 atom stereocenters. The van der Waals surface area contributed by atoms with Gasteiger partial charge in [-0.2, -0.15) is 0 Å². The van der Waals surface area contributed by atoms with Crippen molar-refractivity contribution >= 4 is 5.69 Å². The van der Waals surface area contributed by atoms with Crippen LogP contribution >= 0.6 is 0 Å². The number of nitrogen functional groups attached to an aromatic ring is 1. The summed E-state index contributed by atoms with van der Waals surface area (Å²) >= 11 is 0. The maximum Gasteiger partial charge on any atom is 0.165 e. The number of benzene rings is 2. The first-order valence-corrected chi connectivity index (χ1v) is 5.47. The highest BCUT2D eigenvalue weighted by Gasteiger charge is 2.08. The minimum absolute atomic E-state index is 0.159. The van der Waals surface area contributed by atoms with Gasteiger partial charge in [-0.1, -0.05) is 6.07 Å². The van der Waals surface area contributed by atoms with E-state index in [4.69, 9.17) is 15.2 Å². The fraction of sp³-hybridized carbons (Fsp3) is 0.143. The van der Waals surface area contributed by atoms with E-state index < -0.39 is 5.82 Å². The lowest BCUT2D eigenvalue weighted by atomic mass is 10.2. The van der Waals surface area contributed by atoms with Gasteiger partial charge >= 0.3 is 0 Å². The third kappa shape index (κ3) is 2.53. The van der Waals surface area contributed by atoms with Crippen LogP contribution in [0.25, 0.3) is 0 Å². The molecule has 0 aliphatic rings. The van der Waals surface area contributed by atoms with Crippen LogP contribution in [0.3, 0.4) is 0 Å². The van der Waals surface area contributed by atoms with E-state index >= 15 is 0 Å². The quantitative estimate of drug-likeness (QED) is 0.844. The van der Waals surface area contributed by atoms with Gasteiger partial charge in [0.1, 0.15) is 5.75 Å². The molecule has 0 aliphatic heterocycles. The van der Waals surface area contributed by atoms with Gasteiger partial charge in [-0.15, -0.1) is 0 Å². The number of rotatable bonds is 3. The molecule has 4 heteroatoms. The SMILES string of the molecule is COc1ccc(Oc2cc(C)ccc2F)c(N)c1. The highest BCUT2D eigenvalue weighted by molar-refractivity contribution is 5.57. The molecule has 0 unspecified atom stereocenters. The number of anilines is 1. The predicted molar refractivity (Wildman–Crippen MR) is 68.6 cm³/mol. The second kappa shape index (κ2) is 4.96. The molecule has 3 nitrogen and oxygen atoms in total. The predicted octanol–water partition coefficient (Wildman–Crippen LogP) is 3.52. The molecule has 0 saturated heterocycles. The standard InChI is InChI=1S/C14H14FNO2/c1-9-3-5-11(15)14(7-9)18-13-6-4-10(17-2)8-12(13)16/h3-8H,16H2,1-2H3. The summed E-state index contributed by atoms with van der Waals surface area (Å²) in [5.41, 5.74) is 7.12. The van der Waals surface area contributed by atoms with Gasteiger partial charge in [0.25, 0.3) is 0 Å². The Morgan fingerprint density at radius 2 is 1.83 bits per heavy atom. The highest BCUT2D eigenvalue weighted by Crippen LogP contribution is 2.32. The Morgan fingerprint density at radius 1 is 1.06 bits per heavy atom. The molecule has 0 saturated carbocycles. The van der Waals surface area contributed by atoms with E-state index in [1.807, 2.05) is 6.92 Å². The minimum atomic E-state index is -0.421. The summed E-state index contributed by atoms with van der Waals surface area (Å²) in [6, 6.07) is 9.65. The number of methoxy groups -OCH3 is 1. The van der Waals surface area contributed by atoms with E-state index in [0.717, 1.165) is 5.56 Å². The summed E-state index contributed by atoms with van der Waals surface area (Å²) in [5.74, 6) is 0.771. The van der Waals surface area contributed by atoms with E-state index in [1.165, 1.54) is 6.07 Å². The zero-order valence-corrected chi connectivity index (χ0v) is 10.2. The van der Waals surface area contributed by atoms with E-state index in [2.05, 4.69) is 0 Å². The van der Waals surface area contributed by atoms with Crippen LogP contribution in [0.5, 0.6) is 17.2 Å². The molecule has 0 aliphatic carbocycles.